The first-order valence-electron chi connectivity index (χ1n) is 5.45. The third-order valence-corrected chi connectivity index (χ3v) is 3.12. The van der Waals surface area contributed by atoms with Crippen molar-refractivity contribution in [3.8, 4) is 11.3 Å². The second-order valence-corrected chi connectivity index (χ2v) is 4.43. The normalized spacial score (nSPS) is 11.1. The van der Waals surface area contributed by atoms with Crippen LogP contribution in [-0.4, -0.2) is 9.38 Å². The molecule has 96 valence electrons. The van der Waals surface area contributed by atoms with E-state index in [0.717, 1.165) is 12.1 Å². The van der Waals surface area contributed by atoms with Crippen LogP contribution in [0.4, 0.5) is 14.6 Å². The summed E-state index contributed by atoms with van der Waals surface area (Å²) in [7, 11) is 0. The molecule has 0 aliphatic carbocycles. The molecule has 0 bridgehead atoms. The zero-order valence-electron chi connectivity index (χ0n) is 9.57. The highest BCUT2D eigenvalue weighted by Crippen LogP contribution is 2.30. The fourth-order valence-electron chi connectivity index (χ4n) is 1.93. The number of nitrogens with zero attached hydrogens (tertiary/aromatic N) is 2. The largest absolute Gasteiger partial charge is 0.383 e. The fraction of sp³-hybridized carbons (Fsp3) is 0. The average Bonchev–Trinajstić information content (AvgIpc) is 2.69. The van der Waals surface area contributed by atoms with Crippen molar-refractivity contribution in [1.82, 2.24) is 9.38 Å². The van der Waals surface area contributed by atoms with E-state index in [1.54, 1.807) is 22.7 Å². The molecule has 2 aromatic heterocycles. The lowest BCUT2D eigenvalue weighted by Gasteiger charge is -2.01. The first-order valence-corrected chi connectivity index (χ1v) is 5.83. The monoisotopic (exact) mass is 279 g/mol. The van der Waals surface area contributed by atoms with Gasteiger partial charge in [-0.2, -0.15) is 0 Å². The molecule has 3 aromatic rings. The number of anilines is 1. The maximum atomic E-state index is 13.8. The van der Waals surface area contributed by atoms with Gasteiger partial charge in [0, 0.05) is 17.8 Å². The van der Waals surface area contributed by atoms with E-state index in [-0.39, 0.29) is 17.1 Å². The molecular formula is C13H8ClF2N3. The summed E-state index contributed by atoms with van der Waals surface area (Å²) >= 11 is 6.00. The zero-order chi connectivity index (χ0) is 13.6. The number of nitrogens with two attached hydrogens (primary N) is 1. The lowest BCUT2D eigenvalue weighted by molar-refractivity contribution is 0.585. The number of hydrogen-bond donors (Lipinski definition) is 1. The van der Waals surface area contributed by atoms with E-state index in [4.69, 9.17) is 17.3 Å². The van der Waals surface area contributed by atoms with Gasteiger partial charge in [-0.25, -0.2) is 13.8 Å². The van der Waals surface area contributed by atoms with E-state index < -0.39 is 11.6 Å². The molecule has 0 amide bonds. The molecule has 0 atom stereocenters. The molecule has 2 heterocycles. The molecule has 0 saturated heterocycles. The average molecular weight is 280 g/mol. The number of halogens is 3. The molecule has 0 saturated carbocycles. The molecule has 1 aromatic carbocycles. The van der Waals surface area contributed by atoms with Crippen LogP contribution in [0, 0.1) is 11.6 Å². The second-order valence-electron chi connectivity index (χ2n) is 4.02. The van der Waals surface area contributed by atoms with Crippen LogP contribution < -0.4 is 5.73 Å². The SMILES string of the molecule is Nc1c(-c2ccc(F)cc2F)nc2c(Cl)cccn12. The van der Waals surface area contributed by atoms with Crippen molar-refractivity contribution in [1.29, 1.82) is 0 Å². The van der Waals surface area contributed by atoms with E-state index in [0.29, 0.717) is 10.7 Å². The molecule has 0 radical (unpaired) electrons. The third-order valence-electron chi connectivity index (χ3n) is 2.83. The number of imidazole rings is 1. The van der Waals surface area contributed by atoms with Crippen molar-refractivity contribution in [2.24, 2.45) is 0 Å². The molecule has 3 nitrogen and oxygen atoms in total. The van der Waals surface area contributed by atoms with Gasteiger partial charge in [0.15, 0.2) is 5.65 Å². The van der Waals surface area contributed by atoms with Gasteiger partial charge in [-0.1, -0.05) is 11.6 Å². The van der Waals surface area contributed by atoms with Gasteiger partial charge in [0.2, 0.25) is 0 Å². The Morgan fingerprint density at radius 2 is 2.00 bits per heavy atom. The summed E-state index contributed by atoms with van der Waals surface area (Å²) in [5.41, 5.74) is 6.74. The summed E-state index contributed by atoms with van der Waals surface area (Å²) in [4.78, 5) is 4.22. The fourth-order valence-corrected chi connectivity index (χ4v) is 2.14. The molecule has 2 N–H and O–H groups in total. The highest BCUT2D eigenvalue weighted by molar-refractivity contribution is 6.33. The van der Waals surface area contributed by atoms with Crippen molar-refractivity contribution >= 4 is 23.1 Å². The lowest BCUT2D eigenvalue weighted by atomic mass is 10.1. The van der Waals surface area contributed by atoms with E-state index in [1.807, 2.05) is 0 Å². The maximum absolute atomic E-state index is 13.8. The van der Waals surface area contributed by atoms with Gasteiger partial charge in [-0.15, -0.1) is 0 Å². The van der Waals surface area contributed by atoms with Crippen LogP contribution in [0.25, 0.3) is 16.9 Å². The summed E-state index contributed by atoms with van der Waals surface area (Å²) in [6.45, 7) is 0. The summed E-state index contributed by atoms with van der Waals surface area (Å²) in [5.74, 6) is -1.11. The predicted octanol–water partition coefficient (Wildman–Crippen LogP) is 3.52. The molecule has 0 aliphatic rings. The summed E-state index contributed by atoms with van der Waals surface area (Å²) < 4.78 is 28.2. The predicted molar refractivity (Wildman–Crippen MR) is 70.0 cm³/mol. The van der Waals surface area contributed by atoms with Crippen LogP contribution in [-0.2, 0) is 0 Å². The summed E-state index contributed by atoms with van der Waals surface area (Å²) in [6, 6.07) is 6.62. The lowest BCUT2D eigenvalue weighted by Crippen LogP contribution is -1.95. The van der Waals surface area contributed by atoms with E-state index >= 15 is 0 Å². The summed E-state index contributed by atoms with van der Waals surface area (Å²) in [6.07, 6.45) is 1.68. The number of fused-ring (bicyclic) bond motifs is 1. The molecule has 3 rings (SSSR count). The second kappa shape index (κ2) is 4.20. The Labute approximate surface area is 112 Å². The maximum Gasteiger partial charge on any atom is 0.157 e. The molecule has 0 fully saturated rings. The van der Waals surface area contributed by atoms with Gasteiger partial charge in [0.1, 0.15) is 23.1 Å². The van der Waals surface area contributed by atoms with Gasteiger partial charge < -0.3 is 5.73 Å². The Morgan fingerprint density at radius 3 is 2.68 bits per heavy atom. The minimum Gasteiger partial charge on any atom is -0.383 e. The molecular weight excluding hydrogens is 272 g/mol. The van der Waals surface area contributed by atoms with E-state index in [2.05, 4.69) is 4.98 Å². The third kappa shape index (κ3) is 1.82. The van der Waals surface area contributed by atoms with Crippen LogP contribution in [0.5, 0.6) is 0 Å². The highest BCUT2D eigenvalue weighted by atomic mass is 35.5. The van der Waals surface area contributed by atoms with Crippen LogP contribution in [0.2, 0.25) is 5.02 Å². The van der Waals surface area contributed by atoms with Gasteiger partial charge >= 0.3 is 0 Å². The first kappa shape index (κ1) is 11.9. The minimum atomic E-state index is -0.716. The van der Waals surface area contributed by atoms with Crippen molar-refractivity contribution in [3.05, 3.63) is 53.2 Å². The smallest absolute Gasteiger partial charge is 0.157 e. The molecule has 19 heavy (non-hydrogen) atoms. The van der Waals surface area contributed by atoms with E-state index in [1.165, 1.54) is 6.07 Å². The Bertz CT molecular complexity index is 783. The number of rotatable bonds is 1. The quantitative estimate of drug-likeness (QED) is 0.741. The Kier molecular flexibility index (Phi) is 2.64. The molecule has 6 heteroatoms. The van der Waals surface area contributed by atoms with Gasteiger partial charge in [-0.3, -0.25) is 4.40 Å². The highest BCUT2D eigenvalue weighted by Gasteiger charge is 2.16. The first-order chi connectivity index (χ1) is 9.08. The van der Waals surface area contributed by atoms with Crippen molar-refractivity contribution < 1.29 is 8.78 Å². The van der Waals surface area contributed by atoms with E-state index in [9.17, 15) is 8.78 Å². The number of aromatic nitrogens is 2. The molecule has 0 spiro atoms. The Hall–Kier alpha value is -2.14. The van der Waals surface area contributed by atoms with Gasteiger partial charge in [0.25, 0.3) is 0 Å². The molecule has 0 unspecified atom stereocenters. The Balaban J connectivity index is 2.31. The summed E-state index contributed by atoms with van der Waals surface area (Å²) in [5, 5.41) is 0.406. The number of nitrogen functional groups attached to an aromatic ring is 1. The standard InChI is InChI=1S/C13H8ClF2N3/c14-9-2-1-5-19-12(17)11(18-13(9)19)8-4-3-7(15)6-10(8)16/h1-6H,17H2. The number of hydrogen-bond acceptors (Lipinski definition) is 2. The van der Waals surface area contributed by atoms with Crippen LogP contribution in [0.1, 0.15) is 0 Å². The topological polar surface area (TPSA) is 43.3 Å². The zero-order valence-corrected chi connectivity index (χ0v) is 10.3. The number of pyridine rings is 1. The number of benzene rings is 1. The molecule has 0 aliphatic heterocycles. The van der Waals surface area contributed by atoms with Crippen LogP contribution in [0.3, 0.4) is 0 Å². The van der Waals surface area contributed by atoms with Gasteiger partial charge in [0.05, 0.1) is 5.02 Å². The van der Waals surface area contributed by atoms with Crippen molar-refractivity contribution in [2.45, 2.75) is 0 Å². The minimum absolute atomic E-state index is 0.138. The van der Waals surface area contributed by atoms with Gasteiger partial charge in [-0.05, 0) is 24.3 Å². The van der Waals surface area contributed by atoms with Crippen LogP contribution >= 0.6 is 11.6 Å². The van der Waals surface area contributed by atoms with Crippen molar-refractivity contribution in [3.63, 3.8) is 0 Å². The van der Waals surface area contributed by atoms with Crippen LogP contribution in [0.15, 0.2) is 36.5 Å². The Morgan fingerprint density at radius 1 is 1.21 bits per heavy atom. The van der Waals surface area contributed by atoms with Crippen molar-refractivity contribution in [2.75, 3.05) is 5.73 Å².